The van der Waals surface area contributed by atoms with Gasteiger partial charge in [0.05, 0.1) is 25.4 Å². The zero-order chi connectivity index (χ0) is 13.7. The molecule has 1 amide bonds. The molecule has 0 bridgehead atoms. The van der Waals surface area contributed by atoms with Crippen LogP contribution in [0.2, 0.25) is 0 Å². The van der Waals surface area contributed by atoms with Crippen molar-refractivity contribution in [2.24, 2.45) is 5.92 Å². The smallest absolute Gasteiger partial charge is 0.236 e. The van der Waals surface area contributed by atoms with Crippen molar-refractivity contribution < 1.29 is 14.6 Å². The second-order valence-electron chi connectivity index (χ2n) is 6.02. The number of amides is 1. The summed E-state index contributed by atoms with van der Waals surface area (Å²) >= 11 is 0. The third-order valence-electron chi connectivity index (χ3n) is 4.16. The van der Waals surface area contributed by atoms with Crippen LogP contribution in [0, 0.1) is 5.92 Å². The summed E-state index contributed by atoms with van der Waals surface area (Å²) in [6.07, 6.45) is 3.97. The molecule has 5 nitrogen and oxygen atoms in total. The fourth-order valence-electron chi connectivity index (χ4n) is 3.12. The standard InChI is InChI=1S/C14H26N2O3/c1-12-3-2-4-14(18,9-12)11-15-10-13(17)16-5-7-19-8-6-16/h12,15,18H,2-11H2,1H3. The second kappa shape index (κ2) is 6.68. The predicted molar refractivity (Wildman–Crippen MR) is 72.9 cm³/mol. The predicted octanol–water partition coefficient (Wildman–Crippen LogP) is 0.376. The highest BCUT2D eigenvalue weighted by molar-refractivity contribution is 5.78. The van der Waals surface area contributed by atoms with Gasteiger partial charge in [-0.2, -0.15) is 0 Å². The molecule has 5 heteroatoms. The largest absolute Gasteiger partial charge is 0.389 e. The molecule has 0 aromatic rings. The molecule has 2 unspecified atom stereocenters. The highest BCUT2D eigenvalue weighted by Gasteiger charge is 2.32. The Morgan fingerprint density at radius 1 is 1.47 bits per heavy atom. The lowest BCUT2D eigenvalue weighted by Crippen LogP contribution is -2.49. The van der Waals surface area contributed by atoms with Crippen LogP contribution in [0.1, 0.15) is 32.6 Å². The molecule has 1 saturated carbocycles. The van der Waals surface area contributed by atoms with Crippen molar-refractivity contribution >= 4 is 5.91 Å². The SMILES string of the molecule is CC1CCCC(O)(CNCC(=O)N2CCOCC2)C1. The molecule has 1 aliphatic heterocycles. The van der Waals surface area contributed by atoms with E-state index >= 15 is 0 Å². The molecule has 19 heavy (non-hydrogen) atoms. The molecule has 2 N–H and O–H groups in total. The van der Waals surface area contributed by atoms with Crippen LogP contribution in [0.3, 0.4) is 0 Å². The van der Waals surface area contributed by atoms with E-state index in [1.807, 2.05) is 4.90 Å². The number of aliphatic hydroxyl groups is 1. The molecule has 1 aliphatic carbocycles. The van der Waals surface area contributed by atoms with Gasteiger partial charge in [-0.25, -0.2) is 0 Å². The van der Waals surface area contributed by atoms with Crippen LogP contribution in [-0.2, 0) is 9.53 Å². The van der Waals surface area contributed by atoms with Gasteiger partial charge in [-0.05, 0) is 18.8 Å². The average molecular weight is 270 g/mol. The van der Waals surface area contributed by atoms with E-state index in [-0.39, 0.29) is 5.91 Å². The van der Waals surface area contributed by atoms with Crippen LogP contribution < -0.4 is 5.32 Å². The highest BCUT2D eigenvalue weighted by Crippen LogP contribution is 2.31. The van der Waals surface area contributed by atoms with E-state index in [0.29, 0.717) is 45.3 Å². The first-order valence-electron chi connectivity index (χ1n) is 7.38. The minimum atomic E-state index is -0.622. The van der Waals surface area contributed by atoms with Gasteiger partial charge in [-0.3, -0.25) is 4.79 Å². The summed E-state index contributed by atoms with van der Waals surface area (Å²) in [5.74, 6) is 0.686. The van der Waals surface area contributed by atoms with Crippen molar-refractivity contribution in [3.8, 4) is 0 Å². The van der Waals surface area contributed by atoms with Gasteiger partial charge in [-0.15, -0.1) is 0 Å². The summed E-state index contributed by atoms with van der Waals surface area (Å²) in [5, 5.41) is 13.6. The molecule has 1 saturated heterocycles. The van der Waals surface area contributed by atoms with Gasteiger partial charge in [0.25, 0.3) is 0 Å². The van der Waals surface area contributed by atoms with Crippen molar-refractivity contribution in [3.63, 3.8) is 0 Å². The molecular formula is C14H26N2O3. The van der Waals surface area contributed by atoms with Crippen molar-refractivity contribution in [1.82, 2.24) is 10.2 Å². The van der Waals surface area contributed by atoms with Crippen LogP contribution in [0.15, 0.2) is 0 Å². The van der Waals surface area contributed by atoms with E-state index < -0.39 is 5.60 Å². The highest BCUT2D eigenvalue weighted by atomic mass is 16.5. The zero-order valence-electron chi connectivity index (χ0n) is 11.9. The monoisotopic (exact) mass is 270 g/mol. The number of carbonyl (C=O) groups is 1. The molecule has 110 valence electrons. The summed E-state index contributed by atoms with van der Waals surface area (Å²) in [5.41, 5.74) is -0.622. The molecule has 2 aliphatic rings. The maximum Gasteiger partial charge on any atom is 0.236 e. The van der Waals surface area contributed by atoms with E-state index in [0.717, 1.165) is 19.3 Å². The molecule has 2 fully saturated rings. The minimum Gasteiger partial charge on any atom is -0.389 e. The molecule has 1 heterocycles. The Hall–Kier alpha value is -0.650. The first-order valence-corrected chi connectivity index (χ1v) is 7.38. The van der Waals surface area contributed by atoms with Crippen molar-refractivity contribution in [3.05, 3.63) is 0 Å². The van der Waals surface area contributed by atoms with Crippen molar-refractivity contribution in [2.75, 3.05) is 39.4 Å². The summed E-state index contributed by atoms with van der Waals surface area (Å²) < 4.78 is 5.22. The molecule has 2 rings (SSSR count). The zero-order valence-corrected chi connectivity index (χ0v) is 11.9. The topological polar surface area (TPSA) is 61.8 Å². The lowest BCUT2D eigenvalue weighted by molar-refractivity contribution is -0.134. The van der Waals surface area contributed by atoms with Crippen molar-refractivity contribution in [2.45, 2.75) is 38.2 Å². The normalized spacial score (nSPS) is 32.3. The summed E-state index contributed by atoms with van der Waals surface area (Å²) in [4.78, 5) is 13.8. The van der Waals surface area contributed by atoms with Crippen LogP contribution in [0.25, 0.3) is 0 Å². The van der Waals surface area contributed by atoms with E-state index in [2.05, 4.69) is 12.2 Å². The Kier molecular flexibility index (Phi) is 5.19. The maximum absolute atomic E-state index is 11.9. The first-order chi connectivity index (χ1) is 9.09. The molecule has 0 spiro atoms. The number of carbonyl (C=O) groups excluding carboxylic acids is 1. The Morgan fingerprint density at radius 3 is 2.89 bits per heavy atom. The van der Waals surface area contributed by atoms with E-state index in [1.54, 1.807) is 0 Å². The third-order valence-corrected chi connectivity index (χ3v) is 4.16. The molecule has 0 radical (unpaired) electrons. The second-order valence-corrected chi connectivity index (χ2v) is 6.02. The Labute approximate surface area is 115 Å². The molecular weight excluding hydrogens is 244 g/mol. The van der Waals surface area contributed by atoms with Crippen LogP contribution >= 0.6 is 0 Å². The number of hydrogen-bond donors (Lipinski definition) is 2. The lowest BCUT2D eigenvalue weighted by Gasteiger charge is -2.36. The number of rotatable bonds is 4. The Balaban J connectivity index is 1.69. The summed E-state index contributed by atoms with van der Waals surface area (Å²) in [6, 6.07) is 0. The average Bonchev–Trinajstić information content (AvgIpc) is 2.39. The Bertz CT molecular complexity index is 305. The molecule has 0 aromatic heterocycles. The van der Waals surface area contributed by atoms with Crippen LogP contribution in [0.5, 0.6) is 0 Å². The van der Waals surface area contributed by atoms with Crippen LogP contribution in [0.4, 0.5) is 0 Å². The van der Waals surface area contributed by atoms with Gasteiger partial charge in [-0.1, -0.05) is 19.8 Å². The number of nitrogens with one attached hydrogen (secondary N) is 1. The third kappa shape index (κ3) is 4.44. The van der Waals surface area contributed by atoms with Gasteiger partial charge >= 0.3 is 0 Å². The van der Waals surface area contributed by atoms with E-state index in [4.69, 9.17) is 4.74 Å². The lowest BCUT2D eigenvalue weighted by atomic mass is 9.79. The number of hydrogen-bond acceptors (Lipinski definition) is 4. The van der Waals surface area contributed by atoms with Gasteiger partial charge < -0.3 is 20.1 Å². The van der Waals surface area contributed by atoms with E-state index in [9.17, 15) is 9.90 Å². The molecule has 0 aromatic carbocycles. The van der Waals surface area contributed by atoms with E-state index in [1.165, 1.54) is 6.42 Å². The fraction of sp³-hybridized carbons (Fsp3) is 0.929. The van der Waals surface area contributed by atoms with Gasteiger partial charge in [0.1, 0.15) is 0 Å². The molecule has 2 atom stereocenters. The number of morpholine rings is 1. The summed E-state index contributed by atoms with van der Waals surface area (Å²) in [6.45, 7) is 5.65. The number of nitrogens with zero attached hydrogens (tertiary/aromatic N) is 1. The maximum atomic E-state index is 11.9. The quantitative estimate of drug-likeness (QED) is 0.775. The summed E-state index contributed by atoms with van der Waals surface area (Å²) in [7, 11) is 0. The van der Waals surface area contributed by atoms with Crippen LogP contribution in [-0.4, -0.2) is 60.9 Å². The Morgan fingerprint density at radius 2 is 2.21 bits per heavy atom. The van der Waals surface area contributed by atoms with Gasteiger partial charge in [0, 0.05) is 19.6 Å². The van der Waals surface area contributed by atoms with Gasteiger partial charge in [0.2, 0.25) is 5.91 Å². The minimum absolute atomic E-state index is 0.107. The van der Waals surface area contributed by atoms with Crippen molar-refractivity contribution in [1.29, 1.82) is 0 Å². The van der Waals surface area contributed by atoms with Gasteiger partial charge in [0.15, 0.2) is 0 Å². The first kappa shape index (κ1) is 14.8. The number of ether oxygens (including phenoxy) is 1. The fourth-order valence-corrected chi connectivity index (χ4v) is 3.12.